The molecule has 3 heteroatoms. The number of ether oxygens (including phenoxy) is 1. The van der Waals surface area contributed by atoms with E-state index >= 15 is 0 Å². The summed E-state index contributed by atoms with van der Waals surface area (Å²) in [5.74, 6) is 0. The number of hydrogen-bond donors (Lipinski definition) is 1. The number of halogens is 1. The van der Waals surface area contributed by atoms with Gasteiger partial charge >= 0.3 is 0 Å². The predicted octanol–water partition coefficient (Wildman–Crippen LogP) is 2.06. The van der Waals surface area contributed by atoms with Crippen LogP contribution in [-0.2, 0) is 4.74 Å². The third-order valence-electron chi connectivity index (χ3n) is 1.82. The summed E-state index contributed by atoms with van der Waals surface area (Å²) in [6.07, 6.45) is 0. The van der Waals surface area contributed by atoms with E-state index in [1.807, 2.05) is 12.1 Å². The quantitative estimate of drug-likeness (QED) is 0.813. The number of hydrogen-bond acceptors (Lipinski definition) is 2. The van der Waals surface area contributed by atoms with Crippen molar-refractivity contribution in [3.05, 3.63) is 35.4 Å². The maximum atomic E-state index is 5.85. The molecule has 0 aliphatic rings. The lowest BCUT2D eigenvalue weighted by Gasteiger charge is -2.10. The van der Waals surface area contributed by atoms with Gasteiger partial charge in [0.25, 0.3) is 0 Å². The van der Waals surface area contributed by atoms with Gasteiger partial charge in [0.05, 0.1) is 12.6 Å². The topological polar surface area (TPSA) is 35.2 Å². The van der Waals surface area contributed by atoms with Crippen molar-refractivity contribution in [3.8, 4) is 0 Å². The van der Waals surface area contributed by atoms with Crippen LogP contribution in [0, 0.1) is 6.92 Å². The van der Waals surface area contributed by atoms with Crippen LogP contribution in [0.5, 0.6) is 0 Å². The summed E-state index contributed by atoms with van der Waals surface area (Å²) in [6.45, 7) is 2.63. The van der Waals surface area contributed by atoms with Crippen molar-refractivity contribution >= 4 is 12.4 Å². The zero-order valence-electron chi connectivity index (χ0n) is 7.99. The van der Waals surface area contributed by atoms with Crippen LogP contribution in [0.3, 0.4) is 0 Å². The molecule has 13 heavy (non-hydrogen) atoms. The Morgan fingerprint density at radius 3 is 2.69 bits per heavy atom. The maximum Gasteiger partial charge on any atom is 0.0655 e. The Balaban J connectivity index is 0.00000144. The molecule has 0 spiro atoms. The van der Waals surface area contributed by atoms with Gasteiger partial charge in [-0.3, -0.25) is 0 Å². The van der Waals surface area contributed by atoms with Gasteiger partial charge in [0.1, 0.15) is 0 Å². The Labute approximate surface area is 85.5 Å². The molecule has 0 heterocycles. The standard InChI is InChI=1S/C10H15NO.ClH/c1-8-4-3-5-9(6-8)10(11)7-12-2;/h3-6,10H,7,11H2,1-2H3;1H. The minimum atomic E-state index is -0.00472. The molecule has 0 aliphatic heterocycles. The Hall–Kier alpha value is -0.570. The first-order valence-corrected chi connectivity index (χ1v) is 4.05. The van der Waals surface area contributed by atoms with Crippen LogP contribution in [0.25, 0.3) is 0 Å². The second kappa shape index (κ2) is 5.97. The first kappa shape index (κ1) is 12.4. The molecule has 74 valence electrons. The molecular weight excluding hydrogens is 186 g/mol. The number of nitrogens with two attached hydrogens (primary N) is 1. The van der Waals surface area contributed by atoms with Crippen molar-refractivity contribution in [3.63, 3.8) is 0 Å². The molecule has 0 aliphatic carbocycles. The normalized spacial score (nSPS) is 11.9. The number of methoxy groups -OCH3 is 1. The summed E-state index contributed by atoms with van der Waals surface area (Å²) in [5, 5.41) is 0. The van der Waals surface area contributed by atoms with Crippen LogP contribution in [0.1, 0.15) is 17.2 Å². The van der Waals surface area contributed by atoms with Crippen molar-refractivity contribution in [1.29, 1.82) is 0 Å². The summed E-state index contributed by atoms with van der Waals surface area (Å²) in [7, 11) is 1.66. The zero-order valence-corrected chi connectivity index (χ0v) is 8.80. The Kier molecular flexibility index (Phi) is 5.71. The number of benzene rings is 1. The summed E-state index contributed by atoms with van der Waals surface area (Å²) in [4.78, 5) is 0. The van der Waals surface area contributed by atoms with Crippen LogP contribution in [-0.4, -0.2) is 13.7 Å². The molecule has 0 saturated heterocycles. The monoisotopic (exact) mass is 201 g/mol. The van der Waals surface area contributed by atoms with Gasteiger partial charge in [-0.05, 0) is 12.5 Å². The molecule has 0 saturated carbocycles. The Bertz CT molecular complexity index is 252. The van der Waals surface area contributed by atoms with E-state index in [-0.39, 0.29) is 18.4 Å². The first-order valence-electron chi connectivity index (χ1n) is 4.05. The second-order valence-corrected chi connectivity index (χ2v) is 2.98. The zero-order chi connectivity index (χ0) is 8.97. The molecule has 0 bridgehead atoms. The highest BCUT2D eigenvalue weighted by Gasteiger charge is 2.03. The molecule has 0 aromatic heterocycles. The maximum absolute atomic E-state index is 5.85. The Morgan fingerprint density at radius 2 is 2.15 bits per heavy atom. The highest BCUT2D eigenvalue weighted by Crippen LogP contribution is 2.11. The summed E-state index contributed by atoms with van der Waals surface area (Å²) >= 11 is 0. The van der Waals surface area contributed by atoms with E-state index in [4.69, 9.17) is 10.5 Å². The largest absolute Gasteiger partial charge is 0.383 e. The predicted molar refractivity (Wildman–Crippen MR) is 57.2 cm³/mol. The highest BCUT2D eigenvalue weighted by molar-refractivity contribution is 5.85. The van der Waals surface area contributed by atoms with E-state index in [0.29, 0.717) is 6.61 Å². The van der Waals surface area contributed by atoms with Crippen molar-refractivity contribution in [2.75, 3.05) is 13.7 Å². The van der Waals surface area contributed by atoms with Crippen molar-refractivity contribution in [2.45, 2.75) is 13.0 Å². The van der Waals surface area contributed by atoms with Crippen LogP contribution in [0.2, 0.25) is 0 Å². The summed E-state index contributed by atoms with van der Waals surface area (Å²) in [5.41, 5.74) is 8.22. The van der Waals surface area contributed by atoms with Gasteiger partial charge in [-0.25, -0.2) is 0 Å². The minimum Gasteiger partial charge on any atom is -0.383 e. The average molecular weight is 202 g/mol. The van der Waals surface area contributed by atoms with Crippen LogP contribution in [0.15, 0.2) is 24.3 Å². The molecule has 2 nitrogen and oxygen atoms in total. The van der Waals surface area contributed by atoms with Gasteiger partial charge in [0, 0.05) is 7.11 Å². The molecule has 0 amide bonds. The van der Waals surface area contributed by atoms with Gasteiger partial charge in [0.2, 0.25) is 0 Å². The SMILES string of the molecule is COCC(N)c1cccc(C)c1.Cl. The van der Waals surface area contributed by atoms with Gasteiger partial charge in [-0.15, -0.1) is 12.4 Å². The van der Waals surface area contributed by atoms with Gasteiger partial charge in [-0.1, -0.05) is 29.8 Å². The van der Waals surface area contributed by atoms with Crippen molar-refractivity contribution < 1.29 is 4.74 Å². The minimum absolute atomic E-state index is 0. The highest BCUT2D eigenvalue weighted by atomic mass is 35.5. The smallest absolute Gasteiger partial charge is 0.0655 e. The number of aryl methyl sites for hydroxylation is 1. The average Bonchev–Trinajstić information content (AvgIpc) is 2.05. The van der Waals surface area contributed by atoms with Gasteiger partial charge < -0.3 is 10.5 Å². The van der Waals surface area contributed by atoms with E-state index < -0.39 is 0 Å². The van der Waals surface area contributed by atoms with E-state index in [1.165, 1.54) is 5.56 Å². The molecule has 1 rings (SSSR count). The van der Waals surface area contributed by atoms with E-state index in [1.54, 1.807) is 7.11 Å². The van der Waals surface area contributed by atoms with Crippen molar-refractivity contribution in [1.82, 2.24) is 0 Å². The molecular formula is C10H16ClNO. The van der Waals surface area contributed by atoms with E-state index in [2.05, 4.69) is 19.1 Å². The molecule has 1 aromatic rings. The van der Waals surface area contributed by atoms with Gasteiger partial charge in [0.15, 0.2) is 0 Å². The lowest BCUT2D eigenvalue weighted by molar-refractivity contribution is 0.181. The van der Waals surface area contributed by atoms with E-state index in [0.717, 1.165) is 5.56 Å². The lowest BCUT2D eigenvalue weighted by Crippen LogP contribution is -2.15. The summed E-state index contributed by atoms with van der Waals surface area (Å²) < 4.78 is 4.97. The fraction of sp³-hybridized carbons (Fsp3) is 0.400. The van der Waals surface area contributed by atoms with Crippen LogP contribution >= 0.6 is 12.4 Å². The molecule has 1 unspecified atom stereocenters. The molecule has 1 atom stereocenters. The second-order valence-electron chi connectivity index (χ2n) is 2.98. The third kappa shape index (κ3) is 3.77. The molecule has 2 N–H and O–H groups in total. The molecule has 0 fully saturated rings. The molecule has 1 aromatic carbocycles. The Morgan fingerprint density at radius 1 is 1.46 bits per heavy atom. The lowest BCUT2D eigenvalue weighted by atomic mass is 10.1. The van der Waals surface area contributed by atoms with Crippen LogP contribution in [0.4, 0.5) is 0 Å². The number of rotatable bonds is 3. The first-order chi connectivity index (χ1) is 5.74. The molecule has 0 radical (unpaired) electrons. The third-order valence-corrected chi connectivity index (χ3v) is 1.82. The van der Waals surface area contributed by atoms with Crippen molar-refractivity contribution in [2.24, 2.45) is 5.73 Å². The summed E-state index contributed by atoms with van der Waals surface area (Å²) in [6, 6.07) is 8.18. The van der Waals surface area contributed by atoms with Crippen LogP contribution < -0.4 is 5.73 Å². The van der Waals surface area contributed by atoms with E-state index in [9.17, 15) is 0 Å². The fourth-order valence-corrected chi connectivity index (χ4v) is 1.18. The van der Waals surface area contributed by atoms with Gasteiger partial charge in [-0.2, -0.15) is 0 Å². The fourth-order valence-electron chi connectivity index (χ4n) is 1.18.